The van der Waals surface area contributed by atoms with Gasteiger partial charge in [0.15, 0.2) is 0 Å². The van der Waals surface area contributed by atoms with Crippen LogP contribution in [0.25, 0.3) is 11.0 Å². The molecular weight excluding hydrogens is 217 g/mol. The van der Waals surface area contributed by atoms with Crippen LogP contribution in [0.1, 0.15) is 24.1 Å². The standard InChI is InChI=1S/C13H12FN3/c14-10-5-6-16-13-12(10)9-3-1-8(7-15)2-4-11(9)17-13/h5-6,8H,1-4H2,(H,16,17). The Kier molecular flexibility index (Phi) is 2.32. The van der Waals surface area contributed by atoms with Crippen LogP contribution in [0.2, 0.25) is 0 Å². The Hall–Kier alpha value is -1.89. The van der Waals surface area contributed by atoms with E-state index in [1.54, 1.807) is 0 Å². The molecule has 0 fully saturated rings. The molecule has 1 aliphatic rings. The molecule has 0 radical (unpaired) electrons. The van der Waals surface area contributed by atoms with Crippen LogP contribution < -0.4 is 0 Å². The third-order valence-electron chi connectivity index (χ3n) is 3.50. The minimum absolute atomic E-state index is 0.0885. The number of fused-ring (bicyclic) bond motifs is 3. The Morgan fingerprint density at radius 1 is 1.41 bits per heavy atom. The van der Waals surface area contributed by atoms with E-state index in [1.165, 1.54) is 12.3 Å². The zero-order chi connectivity index (χ0) is 11.8. The molecule has 0 aromatic carbocycles. The number of halogens is 1. The molecule has 0 saturated heterocycles. The Bertz CT molecular complexity index is 609. The molecule has 0 saturated carbocycles. The number of pyridine rings is 1. The number of nitriles is 1. The molecular formula is C13H12FN3. The van der Waals surface area contributed by atoms with Gasteiger partial charge in [-0.05, 0) is 37.3 Å². The number of H-pyrrole nitrogens is 1. The van der Waals surface area contributed by atoms with E-state index in [9.17, 15) is 4.39 Å². The van der Waals surface area contributed by atoms with Crippen molar-refractivity contribution < 1.29 is 4.39 Å². The highest BCUT2D eigenvalue weighted by molar-refractivity contribution is 5.82. The number of rotatable bonds is 0. The van der Waals surface area contributed by atoms with Crippen LogP contribution in [0.5, 0.6) is 0 Å². The van der Waals surface area contributed by atoms with Gasteiger partial charge in [-0.15, -0.1) is 0 Å². The molecule has 0 amide bonds. The third-order valence-corrected chi connectivity index (χ3v) is 3.50. The summed E-state index contributed by atoms with van der Waals surface area (Å²) in [6.45, 7) is 0. The molecule has 2 aromatic rings. The fourth-order valence-corrected chi connectivity index (χ4v) is 2.59. The number of nitrogens with zero attached hydrogens (tertiary/aromatic N) is 2. The zero-order valence-corrected chi connectivity index (χ0v) is 9.33. The van der Waals surface area contributed by atoms with Gasteiger partial charge in [0.05, 0.1) is 11.5 Å². The molecule has 2 aromatic heterocycles. The van der Waals surface area contributed by atoms with E-state index < -0.39 is 0 Å². The molecule has 1 atom stereocenters. The summed E-state index contributed by atoms with van der Waals surface area (Å²) in [5, 5.41) is 9.57. The first-order valence-corrected chi connectivity index (χ1v) is 5.83. The van der Waals surface area contributed by atoms with Crippen LogP contribution in [0, 0.1) is 23.1 Å². The molecule has 86 valence electrons. The van der Waals surface area contributed by atoms with Crippen molar-refractivity contribution in [3.8, 4) is 6.07 Å². The van der Waals surface area contributed by atoms with Crippen molar-refractivity contribution in [2.75, 3.05) is 0 Å². The topological polar surface area (TPSA) is 52.5 Å². The fraction of sp³-hybridized carbons (Fsp3) is 0.385. The van der Waals surface area contributed by atoms with E-state index in [4.69, 9.17) is 5.26 Å². The number of aryl methyl sites for hydroxylation is 2. The second-order valence-electron chi connectivity index (χ2n) is 4.50. The van der Waals surface area contributed by atoms with Crippen molar-refractivity contribution in [1.29, 1.82) is 5.26 Å². The van der Waals surface area contributed by atoms with Gasteiger partial charge in [0, 0.05) is 17.8 Å². The van der Waals surface area contributed by atoms with E-state index in [2.05, 4.69) is 16.0 Å². The summed E-state index contributed by atoms with van der Waals surface area (Å²) >= 11 is 0. The van der Waals surface area contributed by atoms with Gasteiger partial charge in [-0.25, -0.2) is 9.37 Å². The van der Waals surface area contributed by atoms with Gasteiger partial charge in [0.2, 0.25) is 0 Å². The van der Waals surface area contributed by atoms with E-state index in [0.29, 0.717) is 11.0 Å². The predicted molar refractivity (Wildman–Crippen MR) is 61.8 cm³/mol. The number of aromatic amines is 1. The molecule has 0 aliphatic heterocycles. The Morgan fingerprint density at radius 3 is 3.06 bits per heavy atom. The summed E-state index contributed by atoms with van der Waals surface area (Å²) in [6.07, 6.45) is 4.70. The van der Waals surface area contributed by atoms with Crippen LogP contribution >= 0.6 is 0 Å². The van der Waals surface area contributed by atoms with E-state index >= 15 is 0 Å². The van der Waals surface area contributed by atoms with Crippen molar-refractivity contribution in [2.45, 2.75) is 25.7 Å². The average molecular weight is 229 g/mol. The Labute approximate surface area is 98.3 Å². The number of hydrogen-bond acceptors (Lipinski definition) is 2. The summed E-state index contributed by atoms with van der Waals surface area (Å²) in [7, 11) is 0. The molecule has 2 heterocycles. The smallest absolute Gasteiger partial charge is 0.140 e. The first-order chi connectivity index (χ1) is 8.29. The Balaban J connectivity index is 2.13. The van der Waals surface area contributed by atoms with Gasteiger partial charge in [-0.2, -0.15) is 5.26 Å². The minimum atomic E-state index is -0.220. The van der Waals surface area contributed by atoms with Crippen LogP contribution in [-0.4, -0.2) is 9.97 Å². The van der Waals surface area contributed by atoms with Crippen LogP contribution in [0.4, 0.5) is 4.39 Å². The second-order valence-corrected chi connectivity index (χ2v) is 4.50. The van der Waals surface area contributed by atoms with Gasteiger partial charge in [0.25, 0.3) is 0 Å². The van der Waals surface area contributed by atoms with Gasteiger partial charge in [0.1, 0.15) is 11.5 Å². The molecule has 3 rings (SSSR count). The van der Waals surface area contributed by atoms with Gasteiger partial charge >= 0.3 is 0 Å². The molecule has 0 spiro atoms. The first kappa shape index (κ1) is 10.3. The number of hydrogen-bond donors (Lipinski definition) is 1. The predicted octanol–water partition coefficient (Wildman–Crippen LogP) is 2.72. The SMILES string of the molecule is N#CC1CCc2[nH]c3nccc(F)c3c2CC1. The maximum absolute atomic E-state index is 13.8. The first-order valence-electron chi connectivity index (χ1n) is 5.83. The largest absolute Gasteiger partial charge is 0.343 e. The molecule has 1 aliphatic carbocycles. The molecule has 1 unspecified atom stereocenters. The average Bonchev–Trinajstić information content (AvgIpc) is 2.57. The monoisotopic (exact) mass is 229 g/mol. The fourth-order valence-electron chi connectivity index (χ4n) is 2.59. The third kappa shape index (κ3) is 1.59. The van der Waals surface area contributed by atoms with E-state index in [1.807, 2.05) is 0 Å². The van der Waals surface area contributed by atoms with Crippen molar-refractivity contribution in [1.82, 2.24) is 9.97 Å². The van der Waals surface area contributed by atoms with Crippen molar-refractivity contribution in [2.24, 2.45) is 5.92 Å². The van der Waals surface area contributed by atoms with Gasteiger partial charge in [-0.1, -0.05) is 0 Å². The highest BCUT2D eigenvalue weighted by atomic mass is 19.1. The molecule has 3 nitrogen and oxygen atoms in total. The lowest BCUT2D eigenvalue weighted by Gasteiger charge is -2.02. The number of aromatic nitrogens is 2. The molecule has 4 heteroatoms. The zero-order valence-electron chi connectivity index (χ0n) is 9.33. The minimum Gasteiger partial charge on any atom is -0.343 e. The van der Waals surface area contributed by atoms with E-state index in [0.717, 1.165) is 36.9 Å². The van der Waals surface area contributed by atoms with Crippen LogP contribution in [0.3, 0.4) is 0 Å². The summed E-state index contributed by atoms with van der Waals surface area (Å²) in [5.74, 6) is -0.131. The van der Waals surface area contributed by atoms with E-state index in [-0.39, 0.29) is 11.7 Å². The highest BCUT2D eigenvalue weighted by Gasteiger charge is 2.21. The maximum Gasteiger partial charge on any atom is 0.140 e. The van der Waals surface area contributed by atoms with Gasteiger partial charge < -0.3 is 4.98 Å². The molecule has 1 N–H and O–H groups in total. The highest BCUT2D eigenvalue weighted by Crippen LogP contribution is 2.30. The Morgan fingerprint density at radius 2 is 2.24 bits per heavy atom. The van der Waals surface area contributed by atoms with Crippen molar-refractivity contribution >= 4 is 11.0 Å². The normalized spacial score (nSPS) is 19.6. The van der Waals surface area contributed by atoms with Gasteiger partial charge in [-0.3, -0.25) is 0 Å². The summed E-state index contributed by atoms with van der Waals surface area (Å²) in [5.41, 5.74) is 2.70. The van der Waals surface area contributed by atoms with Crippen molar-refractivity contribution in [3.05, 3.63) is 29.3 Å². The van der Waals surface area contributed by atoms with Crippen LogP contribution in [0.15, 0.2) is 12.3 Å². The maximum atomic E-state index is 13.8. The van der Waals surface area contributed by atoms with Crippen LogP contribution in [-0.2, 0) is 12.8 Å². The van der Waals surface area contributed by atoms with Crippen molar-refractivity contribution in [3.63, 3.8) is 0 Å². The summed E-state index contributed by atoms with van der Waals surface area (Å²) in [4.78, 5) is 7.34. The lowest BCUT2D eigenvalue weighted by atomic mass is 10.0. The molecule has 17 heavy (non-hydrogen) atoms. The second kappa shape index (κ2) is 3.85. The molecule has 0 bridgehead atoms. The number of nitrogens with one attached hydrogen (secondary N) is 1. The quantitative estimate of drug-likeness (QED) is 0.706. The lowest BCUT2D eigenvalue weighted by molar-refractivity contribution is 0.575. The summed E-state index contributed by atoms with van der Waals surface area (Å²) in [6, 6.07) is 3.70. The lowest BCUT2D eigenvalue weighted by Crippen LogP contribution is -1.97. The summed E-state index contributed by atoms with van der Waals surface area (Å²) < 4.78 is 13.8.